The summed E-state index contributed by atoms with van der Waals surface area (Å²) < 4.78 is 0. The van der Waals surface area contributed by atoms with Gasteiger partial charge in [-0.3, -0.25) is 4.79 Å². The Balaban J connectivity index is 2.01. The van der Waals surface area contributed by atoms with Gasteiger partial charge in [0.2, 0.25) is 0 Å². The number of amides is 2. The van der Waals surface area contributed by atoms with Crippen molar-refractivity contribution < 1.29 is 19.8 Å². The highest BCUT2D eigenvalue weighted by Crippen LogP contribution is 2.32. The zero-order valence-corrected chi connectivity index (χ0v) is 11.8. The summed E-state index contributed by atoms with van der Waals surface area (Å²) >= 11 is 0. The molecule has 0 heterocycles. The van der Waals surface area contributed by atoms with Crippen molar-refractivity contribution in [3.05, 3.63) is 0 Å². The Morgan fingerprint density at radius 1 is 1.20 bits per heavy atom. The van der Waals surface area contributed by atoms with Crippen LogP contribution >= 0.6 is 0 Å². The van der Waals surface area contributed by atoms with Gasteiger partial charge in [0, 0.05) is 12.6 Å². The van der Waals surface area contributed by atoms with Gasteiger partial charge < -0.3 is 20.4 Å². The maximum absolute atomic E-state index is 12.4. The highest BCUT2D eigenvalue weighted by Gasteiger charge is 2.39. The van der Waals surface area contributed by atoms with E-state index in [0.717, 1.165) is 44.9 Å². The number of carbonyl (C=O) groups excluding carboxylic acids is 1. The Labute approximate surface area is 119 Å². The van der Waals surface area contributed by atoms with Gasteiger partial charge in [0.25, 0.3) is 0 Å². The molecule has 2 aliphatic rings. The third-order valence-corrected chi connectivity index (χ3v) is 4.26. The first-order valence-electron chi connectivity index (χ1n) is 7.48. The standard InChI is InChI=1S/C14H24N2O4/c17-9-8-16(11-4-5-11)13(20)15-14(10-12(18)19)6-2-1-3-7-14/h11,17H,1-10H2,(H,15,20)(H,18,19). The molecule has 0 saturated heterocycles. The van der Waals surface area contributed by atoms with E-state index in [9.17, 15) is 9.59 Å². The fourth-order valence-corrected chi connectivity index (χ4v) is 3.11. The number of carboxylic acid groups (broad SMARTS) is 1. The van der Waals surface area contributed by atoms with Gasteiger partial charge in [-0.25, -0.2) is 4.79 Å². The molecule has 2 fully saturated rings. The number of urea groups is 1. The lowest BCUT2D eigenvalue weighted by atomic mass is 9.79. The van der Waals surface area contributed by atoms with Gasteiger partial charge in [-0.1, -0.05) is 19.3 Å². The average molecular weight is 284 g/mol. The molecule has 0 aromatic heterocycles. The Bertz CT molecular complexity index is 362. The molecule has 3 N–H and O–H groups in total. The van der Waals surface area contributed by atoms with E-state index >= 15 is 0 Å². The van der Waals surface area contributed by atoms with Gasteiger partial charge in [-0.05, 0) is 25.7 Å². The van der Waals surface area contributed by atoms with Gasteiger partial charge in [-0.2, -0.15) is 0 Å². The Kier molecular flexibility index (Phi) is 4.86. The molecule has 0 spiro atoms. The van der Waals surface area contributed by atoms with Gasteiger partial charge in [-0.15, -0.1) is 0 Å². The zero-order chi connectivity index (χ0) is 14.6. The van der Waals surface area contributed by atoms with Crippen molar-refractivity contribution in [3.8, 4) is 0 Å². The van der Waals surface area contributed by atoms with Crippen molar-refractivity contribution in [3.63, 3.8) is 0 Å². The summed E-state index contributed by atoms with van der Waals surface area (Å²) in [5, 5.41) is 21.1. The van der Waals surface area contributed by atoms with Gasteiger partial charge in [0.1, 0.15) is 0 Å². The van der Waals surface area contributed by atoms with Crippen LogP contribution in [0.3, 0.4) is 0 Å². The highest BCUT2D eigenvalue weighted by atomic mass is 16.4. The molecule has 6 heteroatoms. The number of hydrogen-bond acceptors (Lipinski definition) is 3. The molecule has 0 aliphatic heterocycles. The van der Waals surface area contributed by atoms with Crippen LogP contribution in [0.2, 0.25) is 0 Å². The van der Waals surface area contributed by atoms with Crippen LogP contribution < -0.4 is 5.32 Å². The van der Waals surface area contributed by atoms with Crippen LogP contribution in [0, 0.1) is 0 Å². The minimum Gasteiger partial charge on any atom is -0.481 e. The van der Waals surface area contributed by atoms with Crippen molar-refractivity contribution in [2.24, 2.45) is 0 Å². The molecule has 0 aromatic carbocycles. The third-order valence-electron chi connectivity index (χ3n) is 4.26. The molecule has 2 aliphatic carbocycles. The summed E-state index contributed by atoms with van der Waals surface area (Å²) in [6.45, 7) is 0.259. The summed E-state index contributed by atoms with van der Waals surface area (Å²) in [4.78, 5) is 25.1. The Morgan fingerprint density at radius 3 is 2.35 bits per heavy atom. The summed E-state index contributed by atoms with van der Waals surface area (Å²) in [7, 11) is 0. The van der Waals surface area contributed by atoms with Crippen LogP contribution in [0.15, 0.2) is 0 Å². The molecule has 0 radical (unpaired) electrons. The van der Waals surface area contributed by atoms with Crippen LogP contribution in [0.4, 0.5) is 4.79 Å². The number of nitrogens with zero attached hydrogens (tertiary/aromatic N) is 1. The number of nitrogens with one attached hydrogen (secondary N) is 1. The van der Waals surface area contributed by atoms with E-state index in [0.29, 0.717) is 6.54 Å². The van der Waals surface area contributed by atoms with Crippen molar-refractivity contribution in [2.75, 3.05) is 13.2 Å². The number of hydrogen-bond donors (Lipinski definition) is 3. The molecule has 20 heavy (non-hydrogen) atoms. The molecule has 2 rings (SSSR count). The van der Waals surface area contributed by atoms with Crippen LogP contribution in [0.1, 0.15) is 51.4 Å². The number of aliphatic hydroxyl groups excluding tert-OH is 1. The van der Waals surface area contributed by atoms with Crippen molar-refractivity contribution in [2.45, 2.75) is 62.9 Å². The molecule has 0 aromatic rings. The fourth-order valence-electron chi connectivity index (χ4n) is 3.11. The second kappa shape index (κ2) is 6.43. The van der Waals surface area contributed by atoms with E-state index in [1.165, 1.54) is 0 Å². The van der Waals surface area contributed by atoms with Gasteiger partial charge in [0.15, 0.2) is 0 Å². The number of aliphatic carboxylic acids is 1. The first kappa shape index (κ1) is 15.1. The molecule has 0 unspecified atom stereocenters. The van der Waals surface area contributed by atoms with E-state index in [1.807, 2.05) is 0 Å². The summed E-state index contributed by atoms with van der Waals surface area (Å²) in [5.41, 5.74) is -0.607. The monoisotopic (exact) mass is 284 g/mol. The van der Waals surface area contributed by atoms with E-state index in [1.54, 1.807) is 4.90 Å². The summed E-state index contributed by atoms with van der Waals surface area (Å²) in [5.74, 6) is -0.868. The Hall–Kier alpha value is -1.30. The molecular weight excluding hydrogens is 260 g/mol. The molecule has 0 bridgehead atoms. The lowest BCUT2D eigenvalue weighted by molar-refractivity contribution is -0.139. The zero-order valence-electron chi connectivity index (χ0n) is 11.8. The topological polar surface area (TPSA) is 89.9 Å². The van der Waals surface area contributed by atoms with Crippen LogP contribution in [0.5, 0.6) is 0 Å². The molecule has 2 saturated carbocycles. The lowest BCUT2D eigenvalue weighted by Gasteiger charge is -2.38. The number of carbonyl (C=O) groups is 2. The predicted octanol–water partition coefficient (Wildman–Crippen LogP) is 1.33. The maximum atomic E-state index is 12.4. The van der Waals surface area contributed by atoms with E-state index in [2.05, 4.69) is 5.32 Å². The molecular formula is C14H24N2O4. The van der Waals surface area contributed by atoms with Crippen LogP contribution in [-0.2, 0) is 4.79 Å². The summed E-state index contributed by atoms with van der Waals surface area (Å²) in [6, 6.07) is -0.00248. The largest absolute Gasteiger partial charge is 0.481 e. The lowest BCUT2D eigenvalue weighted by Crippen LogP contribution is -2.56. The highest BCUT2D eigenvalue weighted by molar-refractivity contribution is 5.77. The SMILES string of the molecule is O=C(O)CC1(NC(=O)N(CCO)C2CC2)CCCCC1. The first-order chi connectivity index (χ1) is 9.56. The molecule has 0 atom stereocenters. The minimum atomic E-state index is -0.868. The second-order valence-electron chi connectivity index (χ2n) is 5.99. The predicted molar refractivity (Wildman–Crippen MR) is 73.4 cm³/mol. The average Bonchev–Trinajstić information content (AvgIpc) is 3.19. The third kappa shape index (κ3) is 3.85. The van der Waals surface area contributed by atoms with Crippen molar-refractivity contribution in [1.29, 1.82) is 0 Å². The van der Waals surface area contributed by atoms with E-state index in [-0.39, 0.29) is 25.1 Å². The number of rotatable bonds is 6. The van der Waals surface area contributed by atoms with Crippen molar-refractivity contribution >= 4 is 12.0 Å². The smallest absolute Gasteiger partial charge is 0.318 e. The fraction of sp³-hybridized carbons (Fsp3) is 0.857. The van der Waals surface area contributed by atoms with Crippen molar-refractivity contribution in [1.82, 2.24) is 10.2 Å². The Morgan fingerprint density at radius 2 is 1.85 bits per heavy atom. The second-order valence-corrected chi connectivity index (χ2v) is 5.99. The quantitative estimate of drug-likeness (QED) is 0.686. The molecule has 6 nitrogen and oxygen atoms in total. The maximum Gasteiger partial charge on any atom is 0.318 e. The number of carboxylic acids is 1. The molecule has 2 amide bonds. The first-order valence-corrected chi connectivity index (χ1v) is 7.48. The van der Waals surface area contributed by atoms with Crippen LogP contribution in [0.25, 0.3) is 0 Å². The van der Waals surface area contributed by atoms with Crippen LogP contribution in [-0.4, -0.2) is 51.8 Å². The normalized spacial score (nSPS) is 21.2. The summed E-state index contributed by atoms with van der Waals surface area (Å²) in [6.07, 6.45) is 6.38. The number of aliphatic hydroxyl groups is 1. The van der Waals surface area contributed by atoms with E-state index < -0.39 is 11.5 Å². The van der Waals surface area contributed by atoms with Gasteiger partial charge in [0.05, 0.1) is 18.6 Å². The molecule has 114 valence electrons. The minimum absolute atomic E-state index is 0.0175. The van der Waals surface area contributed by atoms with E-state index in [4.69, 9.17) is 10.2 Å². The van der Waals surface area contributed by atoms with Gasteiger partial charge >= 0.3 is 12.0 Å².